The largest absolute Gasteiger partial charge is 0.480 e. The van der Waals surface area contributed by atoms with Gasteiger partial charge in [-0.1, -0.05) is 6.08 Å². The van der Waals surface area contributed by atoms with E-state index in [9.17, 15) is 4.79 Å². The molecule has 0 saturated carbocycles. The Morgan fingerprint density at radius 2 is 2.08 bits per heavy atom. The lowest BCUT2D eigenvalue weighted by Gasteiger charge is -2.41. The van der Waals surface area contributed by atoms with Crippen LogP contribution in [-0.2, 0) is 15.1 Å². The van der Waals surface area contributed by atoms with Gasteiger partial charge in [0.2, 0.25) is 5.88 Å². The predicted molar refractivity (Wildman–Crippen MR) is 136 cm³/mol. The van der Waals surface area contributed by atoms with Crippen LogP contribution in [0.5, 0.6) is 17.4 Å². The number of hydrogen-bond acceptors (Lipinski definition) is 9. The second-order valence-electron chi connectivity index (χ2n) is 9.00. The van der Waals surface area contributed by atoms with Crippen LogP contribution in [0.1, 0.15) is 40.0 Å². The number of fused-ring (bicyclic) bond motifs is 4. The number of nitrogens with two attached hydrogens (primary N) is 1. The first-order valence-corrected chi connectivity index (χ1v) is 12.1. The fraction of sp³-hybridized carbons (Fsp3) is 0.259. The maximum atomic E-state index is 15.5. The Morgan fingerprint density at radius 1 is 1.18 bits per heavy atom. The fourth-order valence-corrected chi connectivity index (χ4v) is 4.94. The van der Waals surface area contributed by atoms with Gasteiger partial charge in [0, 0.05) is 29.8 Å². The number of benzene rings is 2. The van der Waals surface area contributed by atoms with E-state index in [0.717, 1.165) is 11.1 Å². The van der Waals surface area contributed by atoms with E-state index in [-0.39, 0.29) is 17.5 Å². The molecule has 4 heterocycles. The van der Waals surface area contributed by atoms with Gasteiger partial charge in [0.25, 0.3) is 11.9 Å². The summed E-state index contributed by atoms with van der Waals surface area (Å²) in [6.07, 6.45) is 5.69. The van der Waals surface area contributed by atoms with Gasteiger partial charge in [-0.25, -0.2) is 19.4 Å². The number of nitrogens with one attached hydrogen (secondary N) is 1. The van der Waals surface area contributed by atoms with Gasteiger partial charge in [-0.05, 0) is 47.9 Å². The molecule has 10 nitrogen and oxygen atoms in total. The molecular formula is C27H24FN5O5. The summed E-state index contributed by atoms with van der Waals surface area (Å²) in [5, 5.41) is 2.83. The highest BCUT2D eigenvalue weighted by Gasteiger charge is 2.48. The molecule has 3 aromatic rings. The maximum Gasteiger partial charge on any atom is 0.283 e. The third kappa shape index (κ3) is 4.10. The van der Waals surface area contributed by atoms with E-state index in [1.165, 1.54) is 25.6 Å². The highest BCUT2D eigenvalue weighted by molar-refractivity contribution is 6.02. The van der Waals surface area contributed by atoms with E-state index in [0.29, 0.717) is 61.0 Å². The molecule has 6 rings (SSSR count). The second kappa shape index (κ2) is 9.42. The number of aliphatic imine (C=N–C) groups is 1. The molecule has 2 aromatic carbocycles. The number of carbonyl (C=O) groups excluding carboxylic acids is 1. The monoisotopic (exact) mass is 517 g/mol. The Balaban J connectivity index is 1.42. The molecular weight excluding hydrogens is 493 g/mol. The van der Waals surface area contributed by atoms with Gasteiger partial charge in [0.15, 0.2) is 17.2 Å². The van der Waals surface area contributed by atoms with Gasteiger partial charge in [-0.2, -0.15) is 0 Å². The van der Waals surface area contributed by atoms with Crippen molar-refractivity contribution < 1.29 is 28.1 Å². The van der Waals surface area contributed by atoms with Crippen LogP contribution in [0.3, 0.4) is 0 Å². The molecule has 38 heavy (non-hydrogen) atoms. The van der Waals surface area contributed by atoms with Crippen LogP contribution >= 0.6 is 0 Å². The minimum Gasteiger partial charge on any atom is -0.480 e. The highest BCUT2D eigenvalue weighted by Crippen LogP contribution is 2.53. The van der Waals surface area contributed by atoms with Crippen LogP contribution < -0.4 is 20.5 Å². The number of aromatic nitrogens is 2. The summed E-state index contributed by atoms with van der Waals surface area (Å²) in [6.45, 7) is 1.40. The normalized spacial score (nSPS) is 19.7. The zero-order valence-corrected chi connectivity index (χ0v) is 20.5. The summed E-state index contributed by atoms with van der Waals surface area (Å²) in [7, 11) is 1.47. The Morgan fingerprint density at radius 3 is 2.82 bits per heavy atom. The number of amidine groups is 1. The van der Waals surface area contributed by atoms with E-state index in [1.54, 1.807) is 18.2 Å². The van der Waals surface area contributed by atoms with Crippen molar-refractivity contribution in [2.45, 2.75) is 18.4 Å². The lowest BCUT2D eigenvalue weighted by molar-refractivity contribution is 0.0627. The average molecular weight is 518 g/mol. The lowest BCUT2D eigenvalue weighted by Crippen LogP contribution is -2.42. The van der Waals surface area contributed by atoms with Gasteiger partial charge < -0.3 is 30.0 Å². The average Bonchev–Trinajstić information content (AvgIpc) is 2.94. The third-order valence-electron chi connectivity index (χ3n) is 6.78. The van der Waals surface area contributed by atoms with Crippen molar-refractivity contribution in [3.05, 3.63) is 77.0 Å². The fourth-order valence-electron chi connectivity index (χ4n) is 4.94. The molecule has 3 aliphatic heterocycles. The summed E-state index contributed by atoms with van der Waals surface area (Å²) in [5.41, 5.74) is 8.28. The Hall–Kier alpha value is -4.51. The molecule has 0 fully saturated rings. The predicted octanol–water partition coefficient (Wildman–Crippen LogP) is 3.76. The van der Waals surface area contributed by atoms with E-state index in [2.05, 4.69) is 20.3 Å². The molecule has 11 heteroatoms. The van der Waals surface area contributed by atoms with Crippen molar-refractivity contribution in [2.24, 2.45) is 10.7 Å². The SMILES string of the molecule is COc1cnc(C(=O)Nc2ccc3c(c2)[C@@]2(CCN=C(N)O2)c2cc(C4=CCOCC4)cc(F)c2O3)cn1. The van der Waals surface area contributed by atoms with Gasteiger partial charge in [0.05, 0.1) is 32.7 Å². The number of rotatable bonds is 4. The molecule has 1 amide bonds. The molecule has 0 unspecified atom stereocenters. The van der Waals surface area contributed by atoms with E-state index >= 15 is 4.39 Å². The van der Waals surface area contributed by atoms with E-state index in [1.807, 2.05) is 12.1 Å². The van der Waals surface area contributed by atoms with Crippen molar-refractivity contribution >= 4 is 23.2 Å². The first-order chi connectivity index (χ1) is 18.5. The molecule has 3 N–H and O–H groups in total. The number of amides is 1. The minimum absolute atomic E-state index is 0.00547. The number of nitrogens with zero attached hydrogens (tertiary/aromatic N) is 3. The van der Waals surface area contributed by atoms with Crippen molar-refractivity contribution in [1.82, 2.24) is 9.97 Å². The number of carbonyl (C=O) groups is 1. The minimum atomic E-state index is -1.17. The number of halogens is 1. The van der Waals surface area contributed by atoms with Crippen LogP contribution in [0.25, 0.3) is 5.57 Å². The first kappa shape index (κ1) is 23.9. The molecule has 0 aliphatic carbocycles. The molecule has 0 saturated heterocycles. The third-order valence-corrected chi connectivity index (χ3v) is 6.78. The van der Waals surface area contributed by atoms with Crippen molar-refractivity contribution in [1.29, 1.82) is 0 Å². The van der Waals surface area contributed by atoms with Crippen molar-refractivity contribution in [3.63, 3.8) is 0 Å². The molecule has 0 bridgehead atoms. The second-order valence-corrected chi connectivity index (χ2v) is 9.00. The number of hydrogen-bond donors (Lipinski definition) is 2. The maximum absolute atomic E-state index is 15.5. The summed E-state index contributed by atoms with van der Waals surface area (Å²) in [5.74, 6) is -0.197. The van der Waals surface area contributed by atoms with Crippen LogP contribution in [0.15, 0.2) is 53.8 Å². The Kier molecular flexibility index (Phi) is 5.91. The number of ether oxygens (including phenoxy) is 4. The molecule has 1 atom stereocenters. The van der Waals surface area contributed by atoms with Crippen LogP contribution in [0, 0.1) is 5.82 Å². The zero-order valence-electron chi connectivity index (χ0n) is 20.5. The van der Waals surface area contributed by atoms with Crippen molar-refractivity contribution in [2.75, 3.05) is 32.2 Å². The van der Waals surface area contributed by atoms with Gasteiger partial charge in [-0.3, -0.25) is 4.79 Å². The molecule has 194 valence electrons. The van der Waals surface area contributed by atoms with Crippen LogP contribution in [0.4, 0.5) is 10.1 Å². The lowest BCUT2D eigenvalue weighted by atomic mass is 9.78. The van der Waals surface area contributed by atoms with Gasteiger partial charge in [0.1, 0.15) is 11.4 Å². The van der Waals surface area contributed by atoms with Crippen molar-refractivity contribution in [3.8, 4) is 17.4 Å². The standard InChI is InChI=1S/C27H24FN5O5/c1-35-23-14-31-21(13-32-23)25(34)33-17-2-3-22-18(12-17)27(6-7-30-26(29)38-27)19-10-16(11-20(28)24(19)37-22)15-4-8-36-9-5-15/h2-4,10-14H,5-9H2,1H3,(H2,29,30)(H,33,34)/t27-/m0/s1. The molecule has 0 radical (unpaired) electrons. The zero-order chi connectivity index (χ0) is 26.3. The number of methoxy groups -OCH3 is 1. The van der Waals surface area contributed by atoms with Crippen LogP contribution in [-0.4, -0.2) is 48.8 Å². The first-order valence-electron chi connectivity index (χ1n) is 12.1. The van der Waals surface area contributed by atoms with E-state index in [4.69, 9.17) is 24.7 Å². The number of anilines is 1. The summed E-state index contributed by atoms with van der Waals surface area (Å²) in [6, 6.07) is 8.41. The van der Waals surface area contributed by atoms with Gasteiger partial charge >= 0.3 is 0 Å². The summed E-state index contributed by atoms with van der Waals surface area (Å²) >= 11 is 0. The van der Waals surface area contributed by atoms with Crippen LogP contribution in [0.2, 0.25) is 0 Å². The highest BCUT2D eigenvalue weighted by atomic mass is 19.1. The Bertz CT molecular complexity index is 1490. The smallest absolute Gasteiger partial charge is 0.283 e. The summed E-state index contributed by atoms with van der Waals surface area (Å²) in [4.78, 5) is 25.2. The quantitative estimate of drug-likeness (QED) is 0.535. The van der Waals surface area contributed by atoms with E-state index < -0.39 is 17.3 Å². The van der Waals surface area contributed by atoms with Gasteiger partial charge in [-0.15, -0.1) is 0 Å². The molecule has 3 aliphatic rings. The molecule has 1 aromatic heterocycles. The summed E-state index contributed by atoms with van der Waals surface area (Å²) < 4.78 is 38.2. The topological polar surface area (TPSA) is 130 Å². The molecule has 1 spiro atoms. The Labute approximate surface area is 217 Å².